The Morgan fingerprint density at radius 1 is 0.349 bits per heavy atom. The number of rotatable bonds is 33. The molecule has 0 bridgehead atoms. The Hall–Kier alpha value is -3.52. The predicted octanol–water partition coefficient (Wildman–Crippen LogP) is 6.95. The van der Waals surface area contributed by atoms with Crippen LogP contribution in [0.3, 0.4) is 0 Å². The molecule has 0 atom stereocenters. The van der Waals surface area contributed by atoms with Crippen LogP contribution in [0.5, 0.6) is 0 Å². The molecule has 0 aliphatic carbocycles. The van der Waals surface area contributed by atoms with Crippen molar-refractivity contribution in [2.24, 2.45) is 0 Å². The molecular weight excluding hydrogens is 847 g/mol. The molecule has 0 saturated carbocycles. The van der Waals surface area contributed by atoms with Crippen LogP contribution in [0.2, 0.25) is 18.1 Å². The minimum Gasteiger partial charge on any atom is -0.391 e. The van der Waals surface area contributed by atoms with Crippen molar-refractivity contribution in [3.63, 3.8) is 0 Å². The zero-order valence-corrected chi connectivity index (χ0v) is 42.0. The van der Waals surface area contributed by atoms with Crippen molar-refractivity contribution < 1.29 is 26.6 Å². The third-order valence-corrected chi connectivity index (χ3v) is 21.6. The summed E-state index contributed by atoms with van der Waals surface area (Å²) in [4.78, 5) is 43.6. The first-order valence-corrected chi connectivity index (χ1v) is 29.7. The molecule has 4 aromatic rings. The lowest BCUT2D eigenvalue weighted by molar-refractivity contribution is 0.178. The van der Waals surface area contributed by atoms with Gasteiger partial charge in [-0.3, -0.25) is 0 Å². The monoisotopic (exact) mass is 921 g/mol. The zero-order valence-electron chi connectivity index (χ0n) is 39.0. The van der Waals surface area contributed by atoms with Gasteiger partial charge in [0, 0.05) is 59.3 Å². The first-order chi connectivity index (χ1) is 30.7. The molecule has 1 aromatic heterocycles. The first kappa shape index (κ1) is 52.1. The second-order valence-corrected chi connectivity index (χ2v) is 25.5. The summed E-state index contributed by atoms with van der Waals surface area (Å²) in [6.07, 6.45) is 6.31. The quantitative estimate of drug-likeness (QED) is 0.0468. The molecule has 0 radical (unpaired) electrons. The van der Waals surface area contributed by atoms with Crippen LogP contribution in [0.4, 0.5) is 0 Å². The van der Waals surface area contributed by atoms with E-state index < -0.39 is 42.8 Å². The van der Waals surface area contributed by atoms with E-state index in [9.17, 15) is 14.4 Å². The molecule has 4 rings (SSSR count). The average molecular weight is 922 g/mol. The summed E-state index contributed by atoms with van der Waals surface area (Å²) in [5.41, 5.74) is -1.84. The van der Waals surface area contributed by atoms with Crippen molar-refractivity contribution in [2.45, 2.75) is 137 Å². The first-order valence-electron chi connectivity index (χ1n) is 23.6. The van der Waals surface area contributed by atoms with Crippen LogP contribution in [-0.4, -0.2) is 79.0 Å². The van der Waals surface area contributed by atoms with Gasteiger partial charge >= 0.3 is 42.8 Å². The molecule has 3 aromatic carbocycles. The molecule has 15 heteroatoms. The number of benzene rings is 3. The molecule has 1 heterocycles. The van der Waals surface area contributed by atoms with Crippen LogP contribution in [0.25, 0.3) is 0 Å². The van der Waals surface area contributed by atoms with Gasteiger partial charge in [-0.15, -0.1) is 0 Å². The van der Waals surface area contributed by atoms with Crippen molar-refractivity contribution in [3.05, 3.63) is 122 Å². The Kier molecular flexibility index (Phi) is 22.9. The van der Waals surface area contributed by atoms with Crippen LogP contribution in [0.15, 0.2) is 105 Å². The van der Waals surface area contributed by atoms with Crippen molar-refractivity contribution in [1.82, 2.24) is 13.7 Å². The van der Waals surface area contributed by atoms with Crippen LogP contribution in [0.1, 0.15) is 99.3 Å². The SMILES string of the molecule is CCCO[Si](CCCn1c(=O)n(CCC[Si](OCCC)(OCCC)c2ccccc2)c(=O)n(CCC[Si](OCCC)(OCCC)c2ccccc2)c1=O)(OCCC)c1ccccc1. The van der Waals surface area contributed by atoms with Gasteiger partial charge in [0.25, 0.3) is 0 Å². The summed E-state index contributed by atoms with van der Waals surface area (Å²) in [6.45, 7) is 16.0. The molecule has 0 spiro atoms. The summed E-state index contributed by atoms with van der Waals surface area (Å²) in [5, 5.41) is 3.06. The molecule has 0 unspecified atom stereocenters. The van der Waals surface area contributed by atoms with Gasteiger partial charge in [0.1, 0.15) is 0 Å². The molecule has 348 valence electrons. The molecule has 0 amide bonds. The van der Waals surface area contributed by atoms with Gasteiger partial charge in [0.05, 0.1) is 0 Å². The minimum absolute atomic E-state index is 0.106. The third kappa shape index (κ3) is 14.5. The van der Waals surface area contributed by atoms with Crippen molar-refractivity contribution in [1.29, 1.82) is 0 Å². The molecular formula is C48H75N3O9Si3. The molecule has 0 N–H and O–H groups in total. The lowest BCUT2D eigenvalue weighted by Gasteiger charge is -2.31. The van der Waals surface area contributed by atoms with Gasteiger partial charge in [0.15, 0.2) is 0 Å². The number of hydrogen-bond donors (Lipinski definition) is 0. The van der Waals surface area contributed by atoms with Crippen LogP contribution >= 0.6 is 0 Å². The van der Waals surface area contributed by atoms with Crippen molar-refractivity contribution >= 4 is 41.2 Å². The van der Waals surface area contributed by atoms with E-state index in [1.54, 1.807) is 0 Å². The standard InChI is InChI=1S/C48H75N3O9Si3/c1-7-34-55-61(56-35-8-2,43-25-16-13-17-26-43)40-22-31-49-46(52)50(32-23-41-62(57-36-9-3,58-37-10-4)44-27-18-14-19-28-44)48(54)51(47(49)53)33-24-42-63(59-38-11-5,60-39-12-6)45-29-20-15-21-30-45/h13-21,25-30H,7-12,22-24,31-42H2,1-6H3. The highest BCUT2D eigenvalue weighted by Gasteiger charge is 2.42. The molecule has 0 aliphatic rings. The molecule has 0 aliphatic heterocycles. The van der Waals surface area contributed by atoms with E-state index in [4.69, 9.17) is 26.6 Å². The maximum absolute atomic E-state index is 14.5. The lowest BCUT2D eigenvalue weighted by atomic mass is 10.4. The Morgan fingerprint density at radius 3 is 0.746 bits per heavy atom. The highest BCUT2D eigenvalue weighted by atomic mass is 28.4. The van der Waals surface area contributed by atoms with Crippen LogP contribution in [0, 0.1) is 0 Å². The third-order valence-electron chi connectivity index (χ3n) is 10.9. The maximum atomic E-state index is 14.5. The van der Waals surface area contributed by atoms with E-state index in [2.05, 4.69) is 77.9 Å². The minimum atomic E-state index is -2.97. The summed E-state index contributed by atoms with van der Waals surface area (Å²) >= 11 is 0. The Morgan fingerprint density at radius 2 is 0.556 bits per heavy atom. The normalized spacial score (nSPS) is 12.3. The van der Waals surface area contributed by atoms with Crippen molar-refractivity contribution in [3.8, 4) is 0 Å². The summed E-state index contributed by atoms with van der Waals surface area (Å²) in [7, 11) is -8.92. The maximum Gasteiger partial charge on any atom is 0.372 e. The fourth-order valence-corrected chi connectivity index (χ4v) is 18.0. The van der Waals surface area contributed by atoms with Gasteiger partial charge in [-0.05, 0) is 91.5 Å². The topological polar surface area (TPSA) is 121 Å². The number of aromatic nitrogens is 3. The zero-order chi connectivity index (χ0) is 45.4. The van der Waals surface area contributed by atoms with Gasteiger partial charge < -0.3 is 26.6 Å². The van der Waals surface area contributed by atoms with E-state index >= 15 is 0 Å². The molecule has 12 nitrogen and oxygen atoms in total. The Balaban J connectivity index is 1.75. The van der Waals surface area contributed by atoms with Gasteiger partial charge in [0.2, 0.25) is 0 Å². The molecule has 0 fully saturated rings. The van der Waals surface area contributed by atoms with Crippen molar-refractivity contribution in [2.75, 3.05) is 39.6 Å². The van der Waals surface area contributed by atoms with E-state index in [0.29, 0.717) is 77.0 Å². The van der Waals surface area contributed by atoms with Crippen LogP contribution in [-0.2, 0) is 46.2 Å². The molecule has 63 heavy (non-hydrogen) atoms. The van der Waals surface area contributed by atoms with E-state index in [-0.39, 0.29) is 19.6 Å². The second-order valence-electron chi connectivity index (χ2n) is 16.1. The largest absolute Gasteiger partial charge is 0.391 e. The second kappa shape index (κ2) is 27.7. The molecule has 0 saturated heterocycles. The fourth-order valence-electron chi connectivity index (χ4n) is 7.83. The number of hydrogen-bond acceptors (Lipinski definition) is 9. The Bertz CT molecular complexity index is 1760. The van der Waals surface area contributed by atoms with Gasteiger partial charge in [-0.1, -0.05) is 133 Å². The number of nitrogens with zero attached hydrogens (tertiary/aromatic N) is 3. The smallest absolute Gasteiger partial charge is 0.372 e. The van der Waals surface area contributed by atoms with Crippen LogP contribution < -0.4 is 32.6 Å². The van der Waals surface area contributed by atoms with E-state index in [1.165, 1.54) is 13.7 Å². The highest BCUT2D eigenvalue weighted by molar-refractivity contribution is 6.82. The summed E-state index contributed by atoms with van der Waals surface area (Å²) < 4.78 is 43.6. The summed E-state index contributed by atoms with van der Waals surface area (Å²) in [5.74, 6) is 0. The van der Waals surface area contributed by atoms with Gasteiger partial charge in [-0.2, -0.15) is 0 Å². The average Bonchev–Trinajstić information content (AvgIpc) is 3.32. The van der Waals surface area contributed by atoms with E-state index in [0.717, 1.165) is 54.1 Å². The fraction of sp³-hybridized carbons (Fsp3) is 0.562. The van der Waals surface area contributed by atoms with E-state index in [1.807, 2.05) is 54.6 Å². The predicted molar refractivity (Wildman–Crippen MR) is 260 cm³/mol. The summed E-state index contributed by atoms with van der Waals surface area (Å²) in [6, 6.07) is 31.8. The van der Waals surface area contributed by atoms with Gasteiger partial charge in [-0.25, -0.2) is 28.1 Å². The highest BCUT2D eigenvalue weighted by Crippen LogP contribution is 2.21. The Labute approximate surface area is 379 Å². The lowest BCUT2D eigenvalue weighted by Crippen LogP contribution is -2.57.